The van der Waals surface area contributed by atoms with Gasteiger partial charge in [-0.3, -0.25) is 9.59 Å². The molecule has 2 aromatic rings. The molecule has 0 aliphatic carbocycles. The largest absolute Gasteiger partial charge is 0.491 e. The lowest BCUT2D eigenvalue weighted by Gasteiger charge is -2.28. The van der Waals surface area contributed by atoms with Crippen LogP contribution in [0.15, 0.2) is 48.5 Å². The van der Waals surface area contributed by atoms with Gasteiger partial charge in [-0.1, -0.05) is 24.3 Å². The Morgan fingerprint density at radius 1 is 1.08 bits per heavy atom. The predicted octanol–water partition coefficient (Wildman–Crippen LogP) is 3.39. The zero-order valence-corrected chi connectivity index (χ0v) is 15.2. The van der Waals surface area contributed by atoms with Gasteiger partial charge in [-0.25, -0.2) is 0 Å². The van der Waals surface area contributed by atoms with Crippen molar-refractivity contribution in [1.82, 2.24) is 4.90 Å². The number of hydrogen-bond donors (Lipinski definition) is 1. The summed E-state index contributed by atoms with van der Waals surface area (Å²) >= 11 is 0. The monoisotopic (exact) mass is 352 g/mol. The summed E-state index contributed by atoms with van der Waals surface area (Å²) < 4.78 is 5.57. The van der Waals surface area contributed by atoms with E-state index in [1.54, 1.807) is 29.2 Å². The molecule has 0 saturated carbocycles. The molecule has 0 aromatic heterocycles. The molecule has 0 radical (unpaired) electrons. The first-order valence-electron chi connectivity index (χ1n) is 8.92. The van der Waals surface area contributed by atoms with Crippen LogP contribution in [0.2, 0.25) is 0 Å². The number of carbonyl (C=O) groups excluding carboxylic acids is 2. The van der Waals surface area contributed by atoms with Gasteiger partial charge in [0, 0.05) is 18.8 Å². The van der Waals surface area contributed by atoms with Crippen LogP contribution in [0.3, 0.4) is 0 Å². The third kappa shape index (κ3) is 4.63. The predicted molar refractivity (Wildman–Crippen MR) is 101 cm³/mol. The van der Waals surface area contributed by atoms with Gasteiger partial charge < -0.3 is 15.0 Å². The highest BCUT2D eigenvalue weighted by atomic mass is 16.5. The van der Waals surface area contributed by atoms with Crippen molar-refractivity contribution < 1.29 is 14.3 Å². The lowest BCUT2D eigenvalue weighted by molar-refractivity contribution is -0.135. The van der Waals surface area contributed by atoms with Crippen LogP contribution in [0.25, 0.3) is 0 Å². The molecule has 1 aliphatic rings. The molecule has 2 amide bonds. The van der Waals surface area contributed by atoms with E-state index in [-0.39, 0.29) is 24.3 Å². The molecule has 1 heterocycles. The number of fused-ring (bicyclic) bond motifs is 1. The minimum atomic E-state index is -0.300. The molecule has 5 nitrogen and oxygen atoms in total. The maximum Gasteiger partial charge on any atom is 0.233 e. The number of nitrogens with zero attached hydrogens (tertiary/aromatic N) is 1. The van der Waals surface area contributed by atoms with E-state index in [0.717, 1.165) is 17.7 Å². The van der Waals surface area contributed by atoms with Crippen LogP contribution in [0.1, 0.15) is 31.4 Å². The molecule has 0 unspecified atom stereocenters. The average Bonchev–Trinajstić information content (AvgIpc) is 2.62. The van der Waals surface area contributed by atoms with E-state index in [1.165, 1.54) is 5.56 Å². The number of carbonyl (C=O) groups is 2. The summed E-state index contributed by atoms with van der Waals surface area (Å²) in [5, 5.41) is 2.77. The standard InChI is InChI=1S/C21H24N2O3/c1-15(2)26-19-9-7-18(8-10-19)22-20(24)13-21(25)23-12-11-16-5-3-4-6-17(16)14-23/h3-10,15H,11-14H2,1-2H3,(H,22,24). The Kier molecular flexibility index (Phi) is 5.56. The number of ether oxygens (including phenoxy) is 1. The molecule has 0 spiro atoms. The molecule has 0 bridgehead atoms. The quantitative estimate of drug-likeness (QED) is 0.839. The number of amides is 2. The Morgan fingerprint density at radius 2 is 1.77 bits per heavy atom. The number of anilines is 1. The normalized spacial score (nSPS) is 13.3. The van der Waals surface area contributed by atoms with Crippen LogP contribution in [0.4, 0.5) is 5.69 Å². The first kappa shape index (κ1) is 18.0. The van der Waals surface area contributed by atoms with Crippen LogP contribution in [-0.2, 0) is 22.6 Å². The van der Waals surface area contributed by atoms with Crippen molar-refractivity contribution in [2.24, 2.45) is 0 Å². The fourth-order valence-electron chi connectivity index (χ4n) is 3.05. The maximum absolute atomic E-state index is 12.4. The number of rotatable bonds is 5. The van der Waals surface area contributed by atoms with Gasteiger partial charge >= 0.3 is 0 Å². The second kappa shape index (κ2) is 8.04. The van der Waals surface area contributed by atoms with Crippen LogP contribution in [0, 0.1) is 0 Å². The van der Waals surface area contributed by atoms with Crippen LogP contribution in [0.5, 0.6) is 5.75 Å². The van der Waals surface area contributed by atoms with Gasteiger partial charge in [0.05, 0.1) is 6.10 Å². The summed E-state index contributed by atoms with van der Waals surface area (Å²) in [5.74, 6) is 0.309. The number of hydrogen-bond acceptors (Lipinski definition) is 3. The lowest BCUT2D eigenvalue weighted by atomic mass is 10.00. The summed E-state index contributed by atoms with van der Waals surface area (Å²) in [4.78, 5) is 26.4. The van der Waals surface area contributed by atoms with E-state index in [0.29, 0.717) is 18.8 Å². The molecular weight excluding hydrogens is 328 g/mol. The Balaban J connectivity index is 1.52. The van der Waals surface area contributed by atoms with E-state index in [4.69, 9.17) is 4.74 Å². The molecule has 0 fully saturated rings. The summed E-state index contributed by atoms with van der Waals surface area (Å²) in [5.41, 5.74) is 3.10. The zero-order chi connectivity index (χ0) is 18.5. The topological polar surface area (TPSA) is 58.6 Å². The smallest absolute Gasteiger partial charge is 0.233 e. The Morgan fingerprint density at radius 3 is 2.46 bits per heavy atom. The minimum absolute atomic E-state index is 0.0998. The molecular formula is C21H24N2O3. The van der Waals surface area contributed by atoms with E-state index in [1.807, 2.05) is 32.0 Å². The second-order valence-electron chi connectivity index (χ2n) is 6.75. The van der Waals surface area contributed by atoms with Crippen molar-refractivity contribution in [2.45, 2.75) is 39.3 Å². The highest BCUT2D eigenvalue weighted by Crippen LogP contribution is 2.20. The summed E-state index contributed by atoms with van der Waals surface area (Å²) in [7, 11) is 0. The van der Waals surface area contributed by atoms with E-state index < -0.39 is 0 Å². The van der Waals surface area contributed by atoms with E-state index in [9.17, 15) is 9.59 Å². The first-order valence-corrected chi connectivity index (χ1v) is 8.92. The minimum Gasteiger partial charge on any atom is -0.491 e. The van der Waals surface area contributed by atoms with Gasteiger partial charge in [0.1, 0.15) is 12.2 Å². The zero-order valence-electron chi connectivity index (χ0n) is 15.2. The molecule has 1 N–H and O–H groups in total. The maximum atomic E-state index is 12.4. The Hall–Kier alpha value is -2.82. The van der Waals surface area contributed by atoms with Gasteiger partial charge in [-0.05, 0) is 55.7 Å². The highest BCUT2D eigenvalue weighted by Gasteiger charge is 2.22. The van der Waals surface area contributed by atoms with Crippen LogP contribution in [-0.4, -0.2) is 29.4 Å². The summed E-state index contributed by atoms with van der Waals surface area (Å²) in [6.07, 6.45) is 0.788. The van der Waals surface area contributed by atoms with Gasteiger partial charge in [0.25, 0.3) is 0 Å². The third-order valence-electron chi connectivity index (χ3n) is 4.30. The second-order valence-corrected chi connectivity index (χ2v) is 6.75. The van der Waals surface area contributed by atoms with E-state index in [2.05, 4.69) is 11.4 Å². The SMILES string of the molecule is CC(C)Oc1ccc(NC(=O)CC(=O)N2CCc3ccccc3C2)cc1. The van der Waals surface area contributed by atoms with Crippen molar-refractivity contribution in [3.63, 3.8) is 0 Å². The molecule has 2 aromatic carbocycles. The van der Waals surface area contributed by atoms with Gasteiger partial charge in [0.2, 0.25) is 11.8 Å². The van der Waals surface area contributed by atoms with Gasteiger partial charge in [-0.15, -0.1) is 0 Å². The van der Waals surface area contributed by atoms with Crippen LogP contribution < -0.4 is 10.1 Å². The third-order valence-corrected chi connectivity index (χ3v) is 4.30. The molecule has 26 heavy (non-hydrogen) atoms. The molecule has 136 valence electrons. The lowest BCUT2D eigenvalue weighted by Crippen LogP contribution is -2.37. The summed E-state index contributed by atoms with van der Waals surface area (Å²) in [6, 6.07) is 15.3. The summed E-state index contributed by atoms with van der Waals surface area (Å²) in [6.45, 7) is 5.15. The van der Waals surface area contributed by atoms with Gasteiger partial charge in [0.15, 0.2) is 0 Å². The van der Waals surface area contributed by atoms with Crippen molar-refractivity contribution >= 4 is 17.5 Å². The first-order chi connectivity index (χ1) is 12.5. The van der Waals surface area contributed by atoms with Crippen molar-refractivity contribution in [3.8, 4) is 5.75 Å². The Bertz CT molecular complexity index is 784. The Labute approximate surface area is 154 Å². The fourth-order valence-corrected chi connectivity index (χ4v) is 3.05. The molecule has 0 saturated heterocycles. The average molecular weight is 352 g/mol. The van der Waals surface area contributed by atoms with E-state index >= 15 is 0 Å². The van der Waals surface area contributed by atoms with Crippen molar-refractivity contribution in [1.29, 1.82) is 0 Å². The number of benzene rings is 2. The van der Waals surface area contributed by atoms with Crippen molar-refractivity contribution in [3.05, 3.63) is 59.7 Å². The molecule has 1 aliphatic heterocycles. The molecule has 3 rings (SSSR count). The molecule has 0 atom stereocenters. The van der Waals surface area contributed by atoms with Crippen LogP contribution >= 0.6 is 0 Å². The molecule has 5 heteroatoms. The van der Waals surface area contributed by atoms with Crippen molar-refractivity contribution in [2.75, 3.05) is 11.9 Å². The fraction of sp³-hybridized carbons (Fsp3) is 0.333. The highest BCUT2D eigenvalue weighted by molar-refractivity contribution is 6.03. The number of nitrogens with one attached hydrogen (secondary N) is 1. The van der Waals surface area contributed by atoms with Gasteiger partial charge in [-0.2, -0.15) is 0 Å².